The first kappa shape index (κ1) is 32.6. The predicted octanol–water partition coefficient (Wildman–Crippen LogP) is 13.0. The Hall–Kier alpha value is -2.81. The normalized spacial score (nSPS) is 22.5. The summed E-state index contributed by atoms with van der Waals surface area (Å²) in [5, 5.41) is 0. The van der Waals surface area contributed by atoms with Gasteiger partial charge in [0.1, 0.15) is 5.82 Å². The van der Waals surface area contributed by atoms with Crippen molar-refractivity contribution in [2.45, 2.75) is 116 Å². The lowest BCUT2D eigenvalue weighted by Gasteiger charge is -2.38. The molecule has 0 radical (unpaired) electrons. The highest BCUT2D eigenvalue weighted by Gasteiger charge is 2.32. The van der Waals surface area contributed by atoms with Gasteiger partial charge >= 0.3 is 0 Å². The molecule has 2 fully saturated rings. The number of halogens is 3. The molecule has 3 aromatic rings. The molecule has 3 heteroatoms. The van der Waals surface area contributed by atoms with Crippen molar-refractivity contribution in [2.24, 2.45) is 17.8 Å². The lowest BCUT2D eigenvalue weighted by atomic mass is 9.68. The Morgan fingerprint density at radius 1 is 0.682 bits per heavy atom. The first-order valence-electron chi connectivity index (χ1n) is 17.5. The largest absolute Gasteiger partial charge is 0.207 e. The molecule has 236 valence electrons. The Balaban J connectivity index is 1.16. The maximum absolute atomic E-state index is 15.5. The zero-order valence-corrected chi connectivity index (χ0v) is 26.9. The third-order valence-electron chi connectivity index (χ3n) is 10.7. The first-order valence-corrected chi connectivity index (χ1v) is 17.5. The van der Waals surface area contributed by atoms with E-state index in [-0.39, 0.29) is 11.4 Å². The molecule has 0 bridgehead atoms. The highest BCUT2D eigenvalue weighted by Crippen LogP contribution is 2.45. The summed E-state index contributed by atoms with van der Waals surface area (Å²) in [6.45, 7) is 4.24. The zero-order valence-electron chi connectivity index (χ0n) is 26.9. The van der Waals surface area contributed by atoms with Crippen molar-refractivity contribution in [3.63, 3.8) is 0 Å². The maximum Gasteiger partial charge on any atom is 0.166 e. The second-order valence-corrected chi connectivity index (χ2v) is 13.6. The van der Waals surface area contributed by atoms with E-state index in [0.717, 1.165) is 60.1 Å². The molecule has 0 unspecified atom stereocenters. The van der Waals surface area contributed by atoms with Gasteiger partial charge in [-0.05, 0) is 122 Å². The molecule has 0 aliphatic heterocycles. The summed E-state index contributed by atoms with van der Waals surface area (Å²) in [5.74, 6) is 1.27. The average Bonchev–Trinajstić information content (AvgIpc) is 3.06. The molecule has 44 heavy (non-hydrogen) atoms. The van der Waals surface area contributed by atoms with Crippen LogP contribution in [0, 0.1) is 35.2 Å². The van der Waals surface area contributed by atoms with E-state index in [9.17, 15) is 8.78 Å². The van der Waals surface area contributed by atoms with Crippen LogP contribution in [0.1, 0.15) is 121 Å². The lowest BCUT2D eigenvalue weighted by molar-refractivity contribution is 0.155. The predicted molar refractivity (Wildman–Crippen MR) is 179 cm³/mol. The molecule has 3 aromatic carbocycles. The van der Waals surface area contributed by atoms with Gasteiger partial charge in [-0.1, -0.05) is 106 Å². The molecule has 0 amide bonds. The van der Waals surface area contributed by atoms with E-state index in [1.807, 2.05) is 43.3 Å². The maximum atomic E-state index is 15.5. The Kier molecular flexibility index (Phi) is 11.8. The van der Waals surface area contributed by atoms with Crippen LogP contribution in [0.2, 0.25) is 0 Å². The molecule has 2 saturated carbocycles. The number of allylic oxidation sites excluding steroid dienone is 2. The number of unbranched alkanes of at least 4 members (excludes halogenated alkanes) is 3. The second kappa shape index (κ2) is 16.0. The lowest BCUT2D eigenvalue weighted by Crippen LogP contribution is -2.25. The summed E-state index contributed by atoms with van der Waals surface area (Å²) in [6.07, 6.45) is 21.9. The monoisotopic (exact) mass is 600 g/mol. The van der Waals surface area contributed by atoms with Crippen molar-refractivity contribution in [2.75, 3.05) is 0 Å². The van der Waals surface area contributed by atoms with E-state index in [4.69, 9.17) is 0 Å². The minimum Gasteiger partial charge on any atom is -0.207 e. The zero-order chi connectivity index (χ0) is 30.9. The molecule has 2 aliphatic rings. The number of benzene rings is 3. The van der Waals surface area contributed by atoms with Gasteiger partial charge in [0.25, 0.3) is 0 Å². The first-order chi connectivity index (χ1) is 21.5. The fourth-order valence-corrected chi connectivity index (χ4v) is 8.00. The Morgan fingerprint density at radius 3 is 2.00 bits per heavy atom. The van der Waals surface area contributed by atoms with Crippen LogP contribution in [0.3, 0.4) is 0 Å². The molecular weight excluding hydrogens is 549 g/mol. The fourth-order valence-electron chi connectivity index (χ4n) is 8.00. The third-order valence-corrected chi connectivity index (χ3v) is 10.7. The van der Waals surface area contributed by atoms with Crippen molar-refractivity contribution < 1.29 is 13.2 Å². The average molecular weight is 601 g/mol. The molecule has 0 nitrogen and oxygen atoms in total. The highest BCUT2D eigenvalue weighted by atomic mass is 19.2. The molecule has 0 atom stereocenters. The SMILES string of the molecule is CC=CCCCc1ccc(-c2ccc(-c3ccc(C4CCC(C5CCC(CCCCC)CC5)CC4)c(F)c3)cc2)c(F)c1F. The Morgan fingerprint density at radius 2 is 1.34 bits per heavy atom. The van der Waals surface area contributed by atoms with Crippen molar-refractivity contribution in [1.82, 2.24) is 0 Å². The van der Waals surface area contributed by atoms with Crippen LogP contribution in [0.15, 0.2) is 66.7 Å². The Labute approximate surface area is 264 Å². The summed E-state index contributed by atoms with van der Waals surface area (Å²) in [4.78, 5) is 0. The molecule has 5 rings (SSSR count). The van der Waals surface area contributed by atoms with Gasteiger partial charge in [-0.25, -0.2) is 13.2 Å². The van der Waals surface area contributed by atoms with Gasteiger partial charge in [0.05, 0.1) is 0 Å². The molecule has 0 saturated heterocycles. The molecule has 2 aliphatic carbocycles. The van der Waals surface area contributed by atoms with E-state index in [1.54, 1.807) is 30.3 Å². The van der Waals surface area contributed by atoms with Crippen molar-refractivity contribution in [3.8, 4) is 22.3 Å². The van der Waals surface area contributed by atoms with Crippen LogP contribution < -0.4 is 0 Å². The summed E-state index contributed by atoms with van der Waals surface area (Å²) in [6, 6.07) is 16.3. The summed E-state index contributed by atoms with van der Waals surface area (Å²) in [5.41, 5.74) is 3.82. The van der Waals surface area contributed by atoms with E-state index in [0.29, 0.717) is 23.5 Å². The summed E-state index contributed by atoms with van der Waals surface area (Å²) in [7, 11) is 0. The van der Waals surface area contributed by atoms with Gasteiger partial charge in [-0.15, -0.1) is 0 Å². The van der Waals surface area contributed by atoms with Crippen molar-refractivity contribution >= 4 is 0 Å². The van der Waals surface area contributed by atoms with Crippen LogP contribution in [0.5, 0.6) is 0 Å². The van der Waals surface area contributed by atoms with Gasteiger partial charge in [0.15, 0.2) is 11.6 Å². The van der Waals surface area contributed by atoms with Crippen molar-refractivity contribution in [1.29, 1.82) is 0 Å². The van der Waals surface area contributed by atoms with Gasteiger partial charge < -0.3 is 0 Å². The molecule has 0 spiro atoms. The number of rotatable bonds is 12. The molecule has 0 N–H and O–H groups in total. The van der Waals surface area contributed by atoms with E-state index in [1.165, 1.54) is 64.2 Å². The molecule has 0 aromatic heterocycles. The second-order valence-electron chi connectivity index (χ2n) is 13.6. The minimum atomic E-state index is -0.804. The van der Waals surface area contributed by atoms with Crippen LogP contribution in [-0.2, 0) is 6.42 Å². The quantitative estimate of drug-likeness (QED) is 0.143. The van der Waals surface area contributed by atoms with E-state index >= 15 is 4.39 Å². The smallest absolute Gasteiger partial charge is 0.166 e. The number of aryl methyl sites for hydroxylation is 1. The standard InChI is InChI=1S/C41H51F3/c1-3-5-7-9-11-35-24-27-38(41(44)40(35)43)34-22-18-32(19-23-34)36-25-26-37(39(42)28-36)33-20-16-31(17-21-33)30-14-12-29(13-15-30)10-8-6-4-2/h3,5,18-19,22-31,33H,4,6-17,20-21H2,1-2H3. The van der Waals surface area contributed by atoms with E-state index < -0.39 is 11.6 Å². The van der Waals surface area contributed by atoms with Gasteiger partial charge in [-0.2, -0.15) is 0 Å². The summed E-state index contributed by atoms with van der Waals surface area (Å²) < 4.78 is 45.2. The van der Waals surface area contributed by atoms with Crippen LogP contribution in [0.4, 0.5) is 13.2 Å². The van der Waals surface area contributed by atoms with Gasteiger partial charge in [-0.3, -0.25) is 0 Å². The molecular formula is C41H51F3. The van der Waals surface area contributed by atoms with Crippen LogP contribution in [0.25, 0.3) is 22.3 Å². The highest BCUT2D eigenvalue weighted by molar-refractivity contribution is 5.71. The number of hydrogen-bond donors (Lipinski definition) is 0. The topological polar surface area (TPSA) is 0 Å². The van der Waals surface area contributed by atoms with Gasteiger partial charge in [0, 0.05) is 5.56 Å². The number of hydrogen-bond acceptors (Lipinski definition) is 0. The Bertz CT molecular complexity index is 1360. The van der Waals surface area contributed by atoms with Crippen molar-refractivity contribution in [3.05, 3.63) is 95.3 Å². The van der Waals surface area contributed by atoms with Gasteiger partial charge in [0.2, 0.25) is 0 Å². The van der Waals surface area contributed by atoms with E-state index in [2.05, 4.69) is 6.92 Å². The third kappa shape index (κ3) is 8.06. The minimum absolute atomic E-state index is 0.124. The fraction of sp³-hybridized carbons (Fsp3) is 0.512. The summed E-state index contributed by atoms with van der Waals surface area (Å²) >= 11 is 0. The van der Waals surface area contributed by atoms with Crippen LogP contribution in [-0.4, -0.2) is 0 Å². The van der Waals surface area contributed by atoms with Crippen LogP contribution >= 0.6 is 0 Å². The molecule has 0 heterocycles.